The molecule has 2 aliphatic heterocycles. The number of urea groups is 1. The van der Waals surface area contributed by atoms with Crippen LogP contribution in [0.25, 0.3) is 0 Å². The van der Waals surface area contributed by atoms with Crippen molar-refractivity contribution < 1.29 is 60.3 Å². The molecule has 2 atom stereocenters. The number of benzene rings is 2. The quantitative estimate of drug-likeness (QED) is 0.152. The van der Waals surface area contributed by atoms with Crippen molar-refractivity contribution in [2.24, 2.45) is 5.14 Å². The van der Waals surface area contributed by atoms with Crippen LogP contribution in [-0.4, -0.2) is 96.9 Å². The number of carbonyl (C=O) groups is 5. The molecule has 2 aromatic carbocycles. The molecule has 2 heterocycles. The number of rotatable bonds is 8. The maximum Gasteiger partial charge on any atom is 0.547 e. The number of anilines is 1. The SMILES string of the molecule is NS(=O)(=O)Nc1cccc(C(NC(=O)N2CCN(CC(F)(F)F)C(=O)C2=O)C(=O)NC2Cc3cccc(C(=O)O)c3OB2O)c1. The number of alkyl halides is 3. The van der Waals surface area contributed by atoms with Crippen LogP contribution in [0.1, 0.15) is 27.5 Å². The van der Waals surface area contributed by atoms with Gasteiger partial charge in [-0.15, -0.1) is 0 Å². The van der Waals surface area contributed by atoms with Crippen molar-refractivity contribution in [1.29, 1.82) is 0 Å². The van der Waals surface area contributed by atoms with Gasteiger partial charge in [0.1, 0.15) is 18.3 Å². The number of para-hydroxylation sites is 1. The highest BCUT2D eigenvalue weighted by Gasteiger charge is 2.43. The van der Waals surface area contributed by atoms with Crippen molar-refractivity contribution in [2.75, 3.05) is 24.4 Å². The van der Waals surface area contributed by atoms with E-state index in [2.05, 4.69) is 10.6 Å². The van der Waals surface area contributed by atoms with Crippen LogP contribution in [0.2, 0.25) is 0 Å². The summed E-state index contributed by atoms with van der Waals surface area (Å²) in [7, 11) is -6.05. The van der Waals surface area contributed by atoms with Crippen LogP contribution in [0.3, 0.4) is 0 Å². The molecular weight excluding hydrogens is 632 g/mol. The number of aromatic carboxylic acids is 1. The van der Waals surface area contributed by atoms with Crippen LogP contribution < -0.4 is 25.1 Å². The summed E-state index contributed by atoms with van der Waals surface area (Å²) in [5.41, 5.74) is -0.171. The number of halogens is 3. The molecule has 2 aliphatic rings. The number of fused-ring (bicyclic) bond motifs is 1. The van der Waals surface area contributed by atoms with E-state index in [1.807, 2.05) is 4.72 Å². The Labute approximate surface area is 252 Å². The highest BCUT2D eigenvalue weighted by atomic mass is 32.2. The summed E-state index contributed by atoms with van der Waals surface area (Å²) in [4.78, 5) is 63.6. The first-order valence-electron chi connectivity index (χ1n) is 12.8. The number of nitrogens with one attached hydrogen (secondary N) is 3. The van der Waals surface area contributed by atoms with Crippen LogP contribution in [-0.2, 0) is 31.0 Å². The van der Waals surface area contributed by atoms with Crippen LogP contribution in [0.15, 0.2) is 42.5 Å². The van der Waals surface area contributed by atoms with Gasteiger partial charge in [0.2, 0.25) is 5.91 Å². The van der Waals surface area contributed by atoms with Crippen molar-refractivity contribution in [3.05, 3.63) is 59.2 Å². The molecule has 0 bridgehead atoms. The summed E-state index contributed by atoms with van der Waals surface area (Å²) in [5, 5.41) is 29.6. The Bertz CT molecular complexity index is 1660. The number of hydrogen-bond acceptors (Lipinski definition) is 9. The average molecular weight is 656 g/mol. The summed E-state index contributed by atoms with van der Waals surface area (Å²) in [6.07, 6.45) is -4.94. The fourth-order valence-corrected chi connectivity index (χ4v) is 5.12. The summed E-state index contributed by atoms with van der Waals surface area (Å²) >= 11 is 0. The molecule has 0 aromatic heterocycles. The second kappa shape index (κ2) is 12.6. The van der Waals surface area contributed by atoms with E-state index in [1.54, 1.807) is 0 Å². The van der Waals surface area contributed by atoms with Crippen LogP contribution in [0.5, 0.6) is 5.75 Å². The van der Waals surface area contributed by atoms with Crippen LogP contribution >= 0.6 is 0 Å². The zero-order valence-electron chi connectivity index (χ0n) is 22.8. The Balaban J connectivity index is 1.59. The first kappa shape index (κ1) is 33.0. The predicted octanol–water partition coefficient (Wildman–Crippen LogP) is -0.876. The molecule has 16 nitrogen and oxygen atoms in total. The van der Waals surface area contributed by atoms with E-state index in [1.165, 1.54) is 36.4 Å². The minimum atomic E-state index is -4.80. The fourth-order valence-electron chi connectivity index (χ4n) is 4.67. The van der Waals surface area contributed by atoms with Crippen molar-refractivity contribution in [1.82, 2.24) is 20.4 Å². The van der Waals surface area contributed by atoms with Crippen LogP contribution in [0, 0.1) is 0 Å². The first-order valence-corrected chi connectivity index (χ1v) is 14.4. The van der Waals surface area contributed by atoms with Gasteiger partial charge in [0.05, 0.1) is 17.2 Å². The number of carboxylic acid groups (broad SMARTS) is 1. The summed E-state index contributed by atoms with van der Waals surface area (Å²) in [5.74, 6) is -6.90. The number of nitrogens with two attached hydrogens (primary N) is 1. The van der Waals surface area contributed by atoms with Gasteiger partial charge < -0.3 is 30.3 Å². The molecule has 4 rings (SSSR count). The second-order valence-corrected chi connectivity index (χ2v) is 11.2. The smallest absolute Gasteiger partial charge is 0.534 e. The van der Waals surface area contributed by atoms with E-state index >= 15 is 0 Å². The second-order valence-electron chi connectivity index (χ2n) is 9.88. The number of imide groups is 1. The number of piperazine rings is 1. The van der Waals surface area contributed by atoms with Gasteiger partial charge >= 0.3 is 37.1 Å². The van der Waals surface area contributed by atoms with E-state index in [0.717, 1.165) is 6.07 Å². The van der Waals surface area contributed by atoms with E-state index in [-0.39, 0.29) is 33.9 Å². The van der Waals surface area contributed by atoms with Crippen molar-refractivity contribution in [3.63, 3.8) is 0 Å². The number of amides is 5. The molecular formula is C24H24BF3N6O10S. The standard InChI is InChI=1S/C24H24BF3N6O10S/c26-24(27,28)11-33-7-8-34(21(37)20(33)36)23(40)31-17(12-3-1-5-14(9-12)32-45(29,42)43)19(35)30-16-10-13-4-2-6-15(22(38)39)18(13)44-25(16)41/h1-6,9,16-17,32,41H,7-8,10-11H2,(H,30,35)(H,31,40)(H,38,39)(H2,29,42,43). The molecule has 0 aliphatic carbocycles. The molecule has 1 fully saturated rings. The lowest BCUT2D eigenvalue weighted by molar-refractivity contribution is -0.170. The number of carbonyl (C=O) groups excluding carboxylic acids is 4. The monoisotopic (exact) mass is 656 g/mol. The molecule has 7 N–H and O–H groups in total. The number of hydrogen-bond donors (Lipinski definition) is 6. The number of carboxylic acids is 1. The Kier molecular flexibility index (Phi) is 9.26. The molecule has 2 unspecified atom stereocenters. The average Bonchev–Trinajstić information content (AvgIpc) is 2.92. The van der Waals surface area contributed by atoms with E-state index in [9.17, 15) is 55.7 Å². The molecule has 1 saturated heterocycles. The van der Waals surface area contributed by atoms with Gasteiger partial charge in [0.25, 0.3) is 10.2 Å². The van der Waals surface area contributed by atoms with Gasteiger partial charge in [-0.3, -0.25) is 24.0 Å². The van der Waals surface area contributed by atoms with Gasteiger partial charge in [0.15, 0.2) is 0 Å². The molecule has 2 aromatic rings. The number of nitrogens with zero attached hydrogens (tertiary/aromatic N) is 2. The third kappa shape index (κ3) is 7.99. The normalized spacial score (nSPS) is 17.6. The lowest BCUT2D eigenvalue weighted by atomic mass is 9.72. The maximum absolute atomic E-state index is 13.6. The predicted molar refractivity (Wildman–Crippen MR) is 146 cm³/mol. The van der Waals surface area contributed by atoms with Gasteiger partial charge in [0, 0.05) is 13.1 Å². The lowest BCUT2D eigenvalue weighted by Gasteiger charge is -2.34. The topological polar surface area (TPSA) is 238 Å². The largest absolute Gasteiger partial charge is 0.547 e. The molecule has 0 radical (unpaired) electrons. The van der Waals surface area contributed by atoms with Gasteiger partial charge in [-0.25, -0.2) is 14.7 Å². The minimum absolute atomic E-state index is 0.0937. The van der Waals surface area contributed by atoms with Crippen molar-refractivity contribution in [2.45, 2.75) is 24.6 Å². The molecule has 0 saturated carbocycles. The third-order valence-corrected chi connectivity index (χ3v) is 7.13. The minimum Gasteiger partial charge on any atom is -0.534 e. The van der Waals surface area contributed by atoms with E-state index in [0.29, 0.717) is 10.5 Å². The Morgan fingerprint density at radius 1 is 1.11 bits per heavy atom. The zero-order chi connectivity index (χ0) is 33.3. The third-order valence-electron chi connectivity index (χ3n) is 6.61. The van der Waals surface area contributed by atoms with Gasteiger partial charge in [-0.05, 0) is 35.7 Å². The highest BCUT2D eigenvalue weighted by Crippen LogP contribution is 2.30. The lowest BCUT2D eigenvalue weighted by Crippen LogP contribution is -2.61. The van der Waals surface area contributed by atoms with Gasteiger partial charge in [-0.1, -0.05) is 24.3 Å². The Morgan fingerprint density at radius 3 is 2.44 bits per heavy atom. The van der Waals surface area contributed by atoms with Crippen molar-refractivity contribution in [3.8, 4) is 5.75 Å². The summed E-state index contributed by atoms with van der Waals surface area (Å²) < 4.78 is 68.8. The van der Waals surface area contributed by atoms with Crippen molar-refractivity contribution >= 4 is 52.7 Å². The van der Waals surface area contributed by atoms with E-state index in [4.69, 9.17) is 9.79 Å². The molecule has 5 amide bonds. The molecule has 240 valence electrons. The van der Waals surface area contributed by atoms with E-state index < -0.39 is 84.8 Å². The Morgan fingerprint density at radius 2 is 1.80 bits per heavy atom. The maximum atomic E-state index is 13.6. The summed E-state index contributed by atoms with van der Waals surface area (Å²) in [6.45, 7) is -3.01. The van der Waals surface area contributed by atoms with Crippen LogP contribution in [0.4, 0.5) is 23.7 Å². The first-order chi connectivity index (χ1) is 20.9. The molecule has 0 spiro atoms. The molecule has 45 heavy (non-hydrogen) atoms. The summed E-state index contributed by atoms with van der Waals surface area (Å²) in [6, 6.07) is 5.97. The zero-order valence-corrected chi connectivity index (χ0v) is 23.6. The van der Waals surface area contributed by atoms with Gasteiger partial charge in [-0.2, -0.15) is 21.6 Å². The fraction of sp³-hybridized carbons (Fsp3) is 0.292. The molecule has 21 heteroatoms. The Hall–Kier alpha value is -4.89. The highest BCUT2D eigenvalue weighted by molar-refractivity contribution is 7.90.